The van der Waals surface area contributed by atoms with Crippen molar-refractivity contribution in [2.45, 2.75) is 56.1 Å². The first-order valence-electron chi connectivity index (χ1n) is 11.0. The number of hydrogen-bond donors (Lipinski definition) is 4. The number of pyridine rings is 1. The first kappa shape index (κ1) is 25.6. The molecular formula is C24H36N2O4S. The maximum Gasteiger partial charge on any atom is 0.139 e. The van der Waals surface area contributed by atoms with Gasteiger partial charge in [0.2, 0.25) is 0 Å². The minimum absolute atomic E-state index is 0.0556. The van der Waals surface area contributed by atoms with E-state index in [0.717, 1.165) is 58.3 Å². The summed E-state index contributed by atoms with van der Waals surface area (Å²) in [5, 5.41) is 32.3. The summed E-state index contributed by atoms with van der Waals surface area (Å²) in [4.78, 5) is 5.38. The molecule has 1 atom stereocenters. The van der Waals surface area contributed by atoms with Crippen LogP contribution in [-0.4, -0.2) is 52.9 Å². The molecule has 0 fully saturated rings. The van der Waals surface area contributed by atoms with Gasteiger partial charge in [0.05, 0.1) is 12.3 Å². The molecule has 0 amide bonds. The van der Waals surface area contributed by atoms with Crippen molar-refractivity contribution in [3.8, 4) is 5.75 Å². The van der Waals surface area contributed by atoms with E-state index in [1.54, 1.807) is 11.8 Å². The highest BCUT2D eigenvalue weighted by atomic mass is 32.2. The lowest BCUT2D eigenvalue weighted by molar-refractivity contribution is 0.127. The van der Waals surface area contributed by atoms with Crippen LogP contribution in [0.4, 0.5) is 0 Å². The summed E-state index contributed by atoms with van der Waals surface area (Å²) in [5.41, 5.74) is 2.00. The first-order chi connectivity index (χ1) is 15.1. The van der Waals surface area contributed by atoms with Crippen molar-refractivity contribution < 1.29 is 20.1 Å². The van der Waals surface area contributed by atoms with Gasteiger partial charge in [0.25, 0.3) is 0 Å². The van der Waals surface area contributed by atoms with E-state index in [0.29, 0.717) is 12.2 Å². The van der Waals surface area contributed by atoms with Crippen LogP contribution in [0.25, 0.3) is 0 Å². The summed E-state index contributed by atoms with van der Waals surface area (Å²) in [6.07, 6.45) is 7.63. The van der Waals surface area contributed by atoms with Crippen molar-refractivity contribution in [1.82, 2.24) is 10.3 Å². The summed E-state index contributed by atoms with van der Waals surface area (Å²) < 4.78 is 5.74. The third-order valence-electron chi connectivity index (χ3n) is 5.08. The van der Waals surface area contributed by atoms with Gasteiger partial charge >= 0.3 is 0 Å². The van der Waals surface area contributed by atoms with Crippen LogP contribution >= 0.6 is 11.8 Å². The number of nitrogens with zero attached hydrogens (tertiary/aromatic N) is 1. The lowest BCUT2D eigenvalue weighted by atomic mass is 10.1. The minimum Gasteiger partial charge on any atom is -0.506 e. The number of aliphatic hydroxyl groups is 2. The van der Waals surface area contributed by atoms with E-state index in [1.807, 2.05) is 0 Å². The molecule has 1 aromatic heterocycles. The van der Waals surface area contributed by atoms with Crippen molar-refractivity contribution in [1.29, 1.82) is 0 Å². The van der Waals surface area contributed by atoms with Crippen LogP contribution in [0.15, 0.2) is 41.3 Å². The van der Waals surface area contributed by atoms with Crippen LogP contribution in [0.2, 0.25) is 0 Å². The number of rotatable bonds is 16. The number of aliphatic hydroxyl groups excluding tert-OH is 2. The van der Waals surface area contributed by atoms with Crippen molar-refractivity contribution in [2.24, 2.45) is 0 Å². The number of aromatic hydroxyl groups is 1. The predicted octanol–water partition coefficient (Wildman–Crippen LogP) is 3.83. The van der Waals surface area contributed by atoms with Crippen LogP contribution in [0.1, 0.15) is 55.2 Å². The molecule has 0 radical (unpaired) electrons. The second-order valence-electron chi connectivity index (χ2n) is 7.56. The Hall–Kier alpha value is -1.64. The van der Waals surface area contributed by atoms with Crippen LogP contribution in [0, 0.1) is 0 Å². The fraction of sp³-hybridized carbons (Fsp3) is 0.542. The second kappa shape index (κ2) is 15.2. The molecule has 31 heavy (non-hydrogen) atoms. The molecule has 7 heteroatoms. The highest BCUT2D eigenvalue weighted by Crippen LogP contribution is 2.22. The van der Waals surface area contributed by atoms with Gasteiger partial charge in [-0.15, -0.1) is 11.8 Å². The Morgan fingerprint density at radius 2 is 1.74 bits per heavy atom. The van der Waals surface area contributed by atoms with E-state index in [2.05, 4.69) is 40.8 Å². The maximum atomic E-state index is 10.2. The van der Waals surface area contributed by atoms with E-state index >= 15 is 0 Å². The van der Waals surface area contributed by atoms with Gasteiger partial charge in [-0.25, -0.2) is 4.98 Å². The van der Waals surface area contributed by atoms with Gasteiger partial charge in [0, 0.05) is 24.7 Å². The maximum absolute atomic E-state index is 10.2. The zero-order chi connectivity index (χ0) is 22.3. The SMILES string of the molecule is CSc1ccc(CCCOCCCCCCNCC(O)c2nc(CO)ccc2O)cc1. The van der Waals surface area contributed by atoms with Crippen LogP contribution in [0.5, 0.6) is 5.75 Å². The Bertz CT molecular complexity index is 743. The molecule has 0 spiro atoms. The fourth-order valence-corrected chi connectivity index (χ4v) is 3.67. The Morgan fingerprint density at radius 3 is 2.48 bits per heavy atom. The number of hydrogen-bond acceptors (Lipinski definition) is 7. The summed E-state index contributed by atoms with van der Waals surface area (Å²) in [5.74, 6) is -0.0556. The number of benzene rings is 1. The van der Waals surface area contributed by atoms with Crippen LogP contribution in [-0.2, 0) is 17.8 Å². The highest BCUT2D eigenvalue weighted by molar-refractivity contribution is 7.98. The number of unbranched alkanes of at least 4 members (excludes halogenated alkanes) is 3. The van der Waals surface area contributed by atoms with E-state index in [-0.39, 0.29) is 18.1 Å². The lowest BCUT2D eigenvalue weighted by Gasteiger charge is -2.13. The predicted molar refractivity (Wildman–Crippen MR) is 125 cm³/mol. The lowest BCUT2D eigenvalue weighted by Crippen LogP contribution is -2.23. The average Bonchev–Trinajstić information content (AvgIpc) is 2.80. The largest absolute Gasteiger partial charge is 0.506 e. The summed E-state index contributed by atoms with van der Waals surface area (Å²) >= 11 is 1.77. The van der Waals surface area contributed by atoms with E-state index in [1.165, 1.54) is 22.6 Å². The normalized spacial score (nSPS) is 12.2. The topological polar surface area (TPSA) is 94.8 Å². The molecule has 0 saturated heterocycles. The van der Waals surface area contributed by atoms with E-state index in [4.69, 9.17) is 9.84 Å². The van der Waals surface area contributed by atoms with Crippen molar-refractivity contribution in [3.05, 3.63) is 53.3 Å². The quantitative estimate of drug-likeness (QED) is 0.229. The second-order valence-corrected chi connectivity index (χ2v) is 8.44. The van der Waals surface area contributed by atoms with Gasteiger partial charge in [0.15, 0.2) is 0 Å². The summed E-state index contributed by atoms with van der Waals surface area (Å²) in [7, 11) is 0. The number of aryl methyl sites for hydroxylation is 1. The van der Waals surface area contributed by atoms with Gasteiger partial charge in [-0.3, -0.25) is 0 Å². The van der Waals surface area contributed by atoms with Crippen LogP contribution < -0.4 is 5.32 Å². The Kier molecular flexibility index (Phi) is 12.6. The molecule has 0 aliphatic rings. The smallest absolute Gasteiger partial charge is 0.139 e. The third kappa shape index (κ3) is 10.0. The number of thioether (sulfide) groups is 1. The summed E-state index contributed by atoms with van der Waals surface area (Å²) in [6.45, 7) is 2.52. The standard InChI is InChI=1S/C24H36N2O4S/c1-31-21-11-8-19(9-12-21)7-6-16-30-15-5-3-2-4-14-25-17-23(29)24-22(28)13-10-20(18-27)26-24/h8-13,23,25,27-29H,2-7,14-18H2,1H3. The van der Waals surface area contributed by atoms with Gasteiger partial charge in [0.1, 0.15) is 17.5 Å². The Balaban J connectivity index is 1.42. The summed E-state index contributed by atoms with van der Waals surface area (Å²) in [6, 6.07) is 11.7. The van der Waals surface area contributed by atoms with E-state index < -0.39 is 6.10 Å². The van der Waals surface area contributed by atoms with E-state index in [9.17, 15) is 10.2 Å². The zero-order valence-electron chi connectivity index (χ0n) is 18.4. The molecule has 2 rings (SSSR count). The number of nitrogens with one attached hydrogen (secondary N) is 1. The molecule has 4 N–H and O–H groups in total. The zero-order valence-corrected chi connectivity index (χ0v) is 19.2. The molecule has 6 nitrogen and oxygen atoms in total. The van der Waals surface area contributed by atoms with Crippen molar-refractivity contribution in [3.63, 3.8) is 0 Å². The Morgan fingerprint density at radius 1 is 1.00 bits per heavy atom. The molecule has 1 unspecified atom stereocenters. The number of aromatic nitrogens is 1. The fourth-order valence-electron chi connectivity index (χ4n) is 3.26. The van der Waals surface area contributed by atoms with Gasteiger partial charge in [-0.2, -0.15) is 0 Å². The molecule has 1 heterocycles. The van der Waals surface area contributed by atoms with Crippen molar-refractivity contribution in [2.75, 3.05) is 32.6 Å². The molecular weight excluding hydrogens is 412 g/mol. The minimum atomic E-state index is -0.900. The molecule has 0 saturated carbocycles. The Labute approximate surface area is 190 Å². The van der Waals surface area contributed by atoms with Crippen LogP contribution in [0.3, 0.4) is 0 Å². The molecule has 0 aliphatic heterocycles. The molecule has 0 bridgehead atoms. The monoisotopic (exact) mass is 448 g/mol. The van der Waals surface area contributed by atoms with Gasteiger partial charge in [-0.1, -0.05) is 25.0 Å². The molecule has 172 valence electrons. The highest BCUT2D eigenvalue weighted by Gasteiger charge is 2.14. The van der Waals surface area contributed by atoms with Gasteiger partial charge in [-0.05, 0) is 68.3 Å². The third-order valence-corrected chi connectivity index (χ3v) is 5.82. The molecule has 2 aromatic rings. The number of ether oxygens (including phenoxy) is 1. The first-order valence-corrected chi connectivity index (χ1v) is 12.3. The molecule has 1 aromatic carbocycles. The van der Waals surface area contributed by atoms with Gasteiger partial charge < -0.3 is 25.4 Å². The molecule has 0 aliphatic carbocycles. The average molecular weight is 449 g/mol. The van der Waals surface area contributed by atoms with Crippen molar-refractivity contribution >= 4 is 11.8 Å².